The van der Waals surface area contributed by atoms with E-state index in [-0.39, 0.29) is 24.4 Å². The fourth-order valence-corrected chi connectivity index (χ4v) is 3.43. The van der Waals surface area contributed by atoms with E-state index in [1.807, 2.05) is 16.3 Å². The van der Waals surface area contributed by atoms with Crippen molar-refractivity contribution in [3.05, 3.63) is 46.2 Å². The number of nitrogens with zero attached hydrogens (tertiary/aromatic N) is 1. The van der Waals surface area contributed by atoms with E-state index in [2.05, 4.69) is 31.2 Å². The first kappa shape index (κ1) is 16.0. The summed E-state index contributed by atoms with van der Waals surface area (Å²) in [5.74, 6) is 0.114. The lowest BCUT2D eigenvalue weighted by Gasteiger charge is -2.15. The Morgan fingerprint density at radius 3 is 2.62 bits per heavy atom. The van der Waals surface area contributed by atoms with Crippen molar-refractivity contribution >= 4 is 29.7 Å². The number of aryl methyl sites for hydroxylation is 1. The summed E-state index contributed by atoms with van der Waals surface area (Å²) in [6.07, 6.45) is 0.900. The number of carbonyl (C=O) groups excluding carboxylic acids is 1. The second-order valence-electron chi connectivity index (χ2n) is 5.33. The first-order valence-corrected chi connectivity index (χ1v) is 7.72. The molecular formula is C16H19ClN2OS. The Kier molecular flexibility index (Phi) is 5.04. The van der Waals surface area contributed by atoms with Crippen molar-refractivity contribution in [2.24, 2.45) is 5.73 Å². The van der Waals surface area contributed by atoms with Crippen molar-refractivity contribution in [1.29, 1.82) is 0 Å². The second-order valence-corrected chi connectivity index (χ2v) is 6.25. The third kappa shape index (κ3) is 3.28. The zero-order valence-electron chi connectivity index (χ0n) is 11.9. The molecule has 0 saturated carbocycles. The van der Waals surface area contributed by atoms with Gasteiger partial charge in [-0.15, -0.1) is 23.7 Å². The Bertz CT molecular complexity index is 623. The number of amides is 1. The largest absolute Gasteiger partial charge is 0.336 e. The van der Waals surface area contributed by atoms with Gasteiger partial charge in [0.1, 0.15) is 0 Å². The molecule has 112 valence electrons. The molecule has 0 aliphatic carbocycles. The number of nitrogens with two attached hydrogens (primary N) is 1. The maximum absolute atomic E-state index is 12.6. The van der Waals surface area contributed by atoms with Crippen LogP contribution in [0.15, 0.2) is 35.7 Å². The Hall–Kier alpha value is -1.36. The van der Waals surface area contributed by atoms with E-state index in [0.717, 1.165) is 29.0 Å². The second kappa shape index (κ2) is 6.60. The minimum Gasteiger partial charge on any atom is -0.336 e. The number of carbonyl (C=O) groups is 1. The first-order valence-electron chi connectivity index (χ1n) is 6.84. The Labute approximate surface area is 135 Å². The van der Waals surface area contributed by atoms with Gasteiger partial charge >= 0.3 is 0 Å². The molecule has 1 amide bonds. The van der Waals surface area contributed by atoms with Crippen LogP contribution in [0.2, 0.25) is 0 Å². The molecule has 0 bridgehead atoms. The summed E-state index contributed by atoms with van der Waals surface area (Å²) < 4.78 is 0. The minimum absolute atomic E-state index is 0. The van der Waals surface area contributed by atoms with E-state index in [4.69, 9.17) is 5.73 Å². The van der Waals surface area contributed by atoms with Gasteiger partial charge in [-0.25, -0.2) is 0 Å². The maximum atomic E-state index is 12.6. The van der Waals surface area contributed by atoms with Crippen LogP contribution in [0.3, 0.4) is 0 Å². The number of benzene rings is 1. The highest BCUT2D eigenvalue weighted by Crippen LogP contribution is 2.30. The van der Waals surface area contributed by atoms with E-state index in [1.54, 1.807) is 0 Å². The van der Waals surface area contributed by atoms with Crippen molar-refractivity contribution in [1.82, 2.24) is 4.90 Å². The molecule has 1 aliphatic heterocycles. The highest BCUT2D eigenvalue weighted by Gasteiger charge is 2.27. The third-order valence-electron chi connectivity index (χ3n) is 3.73. The number of thiophene rings is 1. The zero-order chi connectivity index (χ0) is 14.1. The molecule has 1 saturated heterocycles. The molecule has 2 N–H and O–H groups in total. The zero-order valence-corrected chi connectivity index (χ0v) is 13.5. The number of rotatable bonds is 2. The van der Waals surface area contributed by atoms with Crippen molar-refractivity contribution in [2.45, 2.75) is 19.4 Å². The van der Waals surface area contributed by atoms with Gasteiger partial charge in [0, 0.05) is 24.7 Å². The summed E-state index contributed by atoms with van der Waals surface area (Å²) >= 11 is 1.51. The van der Waals surface area contributed by atoms with Crippen LogP contribution in [0.4, 0.5) is 0 Å². The lowest BCUT2D eigenvalue weighted by Crippen LogP contribution is -2.31. The third-order valence-corrected chi connectivity index (χ3v) is 4.64. The predicted octanol–water partition coefficient (Wildman–Crippen LogP) is 3.32. The van der Waals surface area contributed by atoms with Crippen LogP contribution in [-0.4, -0.2) is 29.9 Å². The van der Waals surface area contributed by atoms with Crippen LogP contribution in [0, 0.1) is 6.92 Å². The van der Waals surface area contributed by atoms with E-state index in [0.29, 0.717) is 6.54 Å². The van der Waals surface area contributed by atoms with Gasteiger partial charge in [0.05, 0.1) is 4.88 Å². The van der Waals surface area contributed by atoms with Crippen molar-refractivity contribution in [2.75, 3.05) is 13.1 Å². The Morgan fingerprint density at radius 1 is 1.29 bits per heavy atom. The van der Waals surface area contributed by atoms with Gasteiger partial charge in [0.25, 0.3) is 5.91 Å². The van der Waals surface area contributed by atoms with E-state index >= 15 is 0 Å². The number of hydrogen-bond acceptors (Lipinski definition) is 3. The van der Waals surface area contributed by atoms with Gasteiger partial charge in [0.2, 0.25) is 0 Å². The normalized spacial score (nSPS) is 17.6. The molecule has 1 aliphatic rings. The minimum atomic E-state index is 0. The van der Waals surface area contributed by atoms with Crippen LogP contribution in [0.5, 0.6) is 0 Å². The molecule has 2 heterocycles. The molecule has 1 atom stereocenters. The van der Waals surface area contributed by atoms with Gasteiger partial charge in [0.15, 0.2) is 0 Å². The van der Waals surface area contributed by atoms with Gasteiger partial charge < -0.3 is 10.6 Å². The van der Waals surface area contributed by atoms with Gasteiger partial charge in [-0.05, 0) is 30.4 Å². The molecule has 3 nitrogen and oxygen atoms in total. The SMILES string of the molecule is Cc1ccc(-c2ccsc2C(=O)N2CC[C@@H](N)C2)cc1.Cl. The summed E-state index contributed by atoms with van der Waals surface area (Å²) in [6.45, 7) is 3.50. The monoisotopic (exact) mass is 322 g/mol. The highest BCUT2D eigenvalue weighted by atomic mass is 35.5. The number of hydrogen-bond donors (Lipinski definition) is 1. The summed E-state index contributed by atoms with van der Waals surface area (Å²) in [7, 11) is 0. The molecule has 1 aromatic carbocycles. The molecule has 0 unspecified atom stereocenters. The molecular weight excluding hydrogens is 304 g/mol. The summed E-state index contributed by atoms with van der Waals surface area (Å²) in [4.78, 5) is 15.3. The quantitative estimate of drug-likeness (QED) is 0.922. The topological polar surface area (TPSA) is 46.3 Å². The Morgan fingerprint density at radius 2 is 2.00 bits per heavy atom. The summed E-state index contributed by atoms with van der Waals surface area (Å²) in [6, 6.07) is 10.5. The summed E-state index contributed by atoms with van der Waals surface area (Å²) in [5, 5.41) is 1.98. The molecule has 3 rings (SSSR count). The average Bonchev–Trinajstić information content (AvgIpc) is 3.07. The van der Waals surface area contributed by atoms with Crippen molar-refractivity contribution in [3.63, 3.8) is 0 Å². The van der Waals surface area contributed by atoms with Crippen LogP contribution in [0.25, 0.3) is 11.1 Å². The fourth-order valence-electron chi connectivity index (χ4n) is 2.55. The smallest absolute Gasteiger partial charge is 0.264 e. The lowest BCUT2D eigenvalue weighted by atomic mass is 10.0. The predicted molar refractivity (Wildman–Crippen MR) is 90.2 cm³/mol. The number of halogens is 1. The maximum Gasteiger partial charge on any atom is 0.264 e. The molecule has 0 spiro atoms. The van der Waals surface area contributed by atoms with Crippen LogP contribution >= 0.6 is 23.7 Å². The van der Waals surface area contributed by atoms with Crippen LogP contribution < -0.4 is 5.73 Å². The van der Waals surface area contributed by atoms with Crippen LogP contribution in [0.1, 0.15) is 21.7 Å². The Balaban J connectivity index is 0.00000161. The lowest BCUT2D eigenvalue weighted by molar-refractivity contribution is 0.0796. The molecule has 0 radical (unpaired) electrons. The molecule has 5 heteroatoms. The fraction of sp³-hybridized carbons (Fsp3) is 0.312. The standard InChI is InChI=1S/C16H18N2OS.ClH/c1-11-2-4-12(5-3-11)14-7-9-20-15(14)16(19)18-8-6-13(17)10-18;/h2-5,7,9,13H,6,8,10,17H2,1H3;1H/t13-;/m1./s1. The van der Waals surface area contributed by atoms with Gasteiger partial charge in [-0.1, -0.05) is 29.8 Å². The molecule has 21 heavy (non-hydrogen) atoms. The summed E-state index contributed by atoms with van der Waals surface area (Å²) in [5.41, 5.74) is 9.24. The number of likely N-dealkylation sites (tertiary alicyclic amines) is 1. The molecule has 1 fully saturated rings. The first-order chi connectivity index (χ1) is 9.65. The highest BCUT2D eigenvalue weighted by molar-refractivity contribution is 7.12. The van der Waals surface area contributed by atoms with E-state index in [1.165, 1.54) is 16.9 Å². The molecule has 2 aromatic rings. The van der Waals surface area contributed by atoms with Crippen molar-refractivity contribution in [3.8, 4) is 11.1 Å². The van der Waals surface area contributed by atoms with Crippen molar-refractivity contribution < 1.29 is 4.79 Å². The van der Waals surface area contributed by atoms with E-state index < -0.39 is 0 Å². The average molecular weight is 323 g/mol. The molecule has 1 aromatic heterocycles. The van der Waals surface area contributed by atoms with E-state index in [9.17, 15) is 4.79 Å². The van der Waals surface area contributed by atoms with Gasteiger partial charge in [-0.3, -0.25) is 4.79 Å². The van der Waals surface area contributed by atoms with Gasteiger partial charge in [-0.2, -0.15) is 0 Å². The van der Waals surface area contributed by atoms with Crippen LogP contribution in [-0.2, 0) is 0 Å².